The Hall–Kier alpha value is -0.0800. The van der Waals surface area contributed by atoms with E-state index in [4.69, 9.17) is 0 Å². The van der Waals surface area contributed by atoms with E-state index in [2.05, 4.69) is 19.3 Å². The van der Waals surface area contributed by atoms with Crippen LogP contribution < -0.4 is 5.32 Å². The van der Waals surface area contributed by atoms with Gasteiger partial charge in [-0.15, -0.1) is 0 Å². The zero-order chi connectivity index (χ0) is 8.16. The predicted octanol–water partition coefficient (Wildman–Crippen LogP) is 0.836. The second-order valence-electron chi connectivity index (χ2n) is 3.89. The van der Waals surface area contributed by atoms with Crippen LogP contribution in [0.1, 0.15) is 19.8 Å². The van der Waals surface area contributed by atoms with Gasteiger partial charge in [-0.2, -0.15) is 0 Å². The van der Waals surface area contributed by atoms with Crippen LogP contribution in [-0.2, 0) is 0 Å². The third kappa shape index (κ3) is 2.80. The normalized spacial score (nSPS) is 23.5. The Kier molecular flexibility index (Phi) is 3.34. The molecule has 0 amide bonds. The van der Waals surface area contributed by atoms with E-state index in [1.807, 2.05) is 0 Å². The molecule has 0 aromatic heterocycles. The fraction of sp³-hybridized carbons (Fsp3) is 1.00. The molecule has 0 aromatic carbocycles. The molecule has 1 aliphatic heterocycles. The first kappa shape index (κ1) is 9.01. The number of quaternary nitrogens is 1. The Morgan fingerprint density at radius 2 is 1.91 bits per heavy atom. The third-order valence-electron chi connectivity index (χ3n) is 2.71. The fourth-order valence-electron chi connectivity index (χ4n) is 1.70. The van der Waals surface area contributed by atoms with Crippen molar-refractivity contribution in [2.45, 2.75) is 19.8 Å². The zero-order valence-corrected chi connectivity index (χ0v) is 7.90. The summed E-state index contributed by atoms with van der Waals surface area (Å²) in [6.07, 6.45) is 2.72. The molecule has 0 saturated carbocycles. The van der Waals surface area contributed by atoms with Crippen LogP contribution in [0, 0.1) is 0 Å². The summed E-state index contributed by atoms with van der Waals surface area (Å²) in [5.74, 6) is 0. The van der Waals surface area contributed by atoms with Crippen LogP contribution >= 0.6 is 0 Å². The molecular weight excluding hydrogens is 136 g/mol. The van der Waals surface area contributed by atoms with E-state index in [9.17, 15) is 0 Å². The average Bonchev–Trinajstić information content (AvgIpc) is 2.03. The Bertz CT molecular complexity index is 106. The number of hydrogen-bond donors (Lipinski definition) is 1. The minimum absolute atomic E-state index is 1.21. The van der Waals surface area contributed by atoms with Crippen LogP contribution in [0.3, 0.4) is 0 Å². The summed E-state index contributed by atoms with van der Waals surface area (Å²) in [5.41, 5.74) is 0. The number of nitrogens with one attached hydrogen (secondary N) is 1. The topological polar surface area (TPSA) is 12.0 Å². The van der Waals surface area contributed by atoms with Crippen LogP contribution in [0.5, 0.6) is 0 Å². The highest BCUT2D eigenvalue weighted by Crippen LogP contribution is 2.06. The molecule has 0 spiro atoms. The Morgan fingerprint density at radius 1 is 1.27 bits per heavy atom. The highest BCUT2D eigenvalue weighted by atomic mass is 15.4. The molecule has 2 nitrogen and oxygen atoms in total. The summed E-state index contributed by atoms with van der Waals surface area (Å²) in [6, 6.07) is 0. The van der Waals surface area contributed by atoms with E-state index in [1.165, 1.54) is 50.0 Å². The number of hydrogen-bond acceptors (Lipinski definition) is 1. The average molecular weight is 157 g/mol. The van der Waals surface area contributed by atoms with Gasteiger partial charge in [-0.3, -0.25) is 0 Å². The number of rotatable bonds is 3. The predicted molar refractivity (Wildman–Crippen MR) is 48.6 cm³/mol. The highest BCUT2D eigenvalue weighted by Gasteiger charge is 2.22. The van der Waals surface area contributed by atoms with Crippen LogP contribution in [-0.4, -0.2) is 44.3 Å². The lowest BCUT2D eigenvalue weighted by Gasteiger charge is -2.38. The molecule has 2 heteroatoms. The van der Waals surface area contributed by atoms with Gasteiger partial charge >= 0.3 is 0 Å². The lowest BCUT2D eigenvalue weighted by atomic mass is 10.2. The van der Waals surface area contributed by atoms with E-state index in [-0.39, 0.29) is 0 Å². The van der Waals surface area contributed by atoms with E-state index in [1.54, 1.807) is 0 Å². The standard InChI is InChI=1S/C9H21N2/c1-3-4-7-11(2)8-5-10-6-9-11/h10H,3-9H2,1-2H3/q+1. The molecule has 0 atom stereocenters. The van der Waals surface area contributed by atoms with Crippen LogP contribution in [0.25, 0.3) is 0 Å². The maximum Gasteiger partial charge on any atom is 0.0911 e. The Morgan fingerprint density at radius 3 is 2.45 bits per heavy atom. The molecule has 66 valence electrons. The number of likely N-dealkylation sites (N-methyl/N-ethyl adjacent to an activating group) is 1. The monoisotopic (exact) mass is 157 g/mol. The fourth-order valence-corrected chi connectivity index (χ4v) is 1.70. The van der Waals surface area contributed by atoms with Crippen molar-refractivity contribution in [1.29, 1.82) is 0 Å². The highest BCUT2D eigenvalue weighted by molar-refractivity contribution is 4.54. The molecular formula is C9H21N2+. The molecule has 1 fully saturated rings. The van der Waals surface area contributed by atoms with Gasteiger partial charge in [-0.05, 0) is 6.42 Å². The van der Waals surface area contributed by atoms with Gasteiger partial charge in [0.2, 0.25) is 0 Å². The maximum absolute atomic E-state index is 3.40. The summed E-state index contributed by atoms with van der Waals surface area (Å²) in [4.78, 5) is 0. The molecule has 1 N–H and O–H groups in total. The van der Waals surface area contributed by atoms with Gasteiger partial charge in [-0.25, -0.2) is 0 Å². The first-order valence-electron chi connectivity index (χ1n) is 4.81. The molecule has 0 radical (unpaired) electrons. The molecule has 1 rings (SSSR count). The molecule has 0 aliphatic carbocycles. The van der Waals surface area contributed by atoms with E-state index >= 15 is 0 Å². The van der Waals surface area contributed by atoms with Crippen molar-refractivity contribution in [2.24, 2.45) is 0 Å². The lowest BCUT2D eigenvalue weighted by molar-refractivity contribution is -0.911. The number of piperazine rings is 1. The number of unbranched alkanes of at least 4 members (excludes halogenated alkanes) is 1. The lowest BCUT2D eigenvalue weighted by Crippen LogP contribution is -2.56. The van der Waals surface area contributed by atoms with Crippen LogP contribution in [0.15, 0.2) is 0 Å². The van der Waals surface area contributed by atoms with Crippen molar-refractivity contribution >= 4 is 0 Å². The van der Waals surface area contributed by atoms with E-state index < -0.39 is 0 Å². The van der Waals surface area contributed by atoms with E-state index in [0.717, 1.165) is 0 Å². The summed E-state index contributed by atoms with van der Waals surface area (Å²) >= 11 is 0. The van der Waals surface area contributed by atoms with Crippen molar-refractivity contribution in [3.8, 4) is 0 Å². The first-order chi connectivity index (χ1) is 5.27. The SMILES string of the molecule is CCCC[N+]1(C)CCNCC1. The van der Waals surface area contributed by atoms with Crippen molar-refractivity contribution in [3.05, 3.63) is 0 Å². The van der Waals surface area contributed by atoms with Crippen molar-refractivity contribution in [2.75, 3.05) is 39.8 Å². The van der Waals surface area contributed by atoms with Gasteiger partial charge in [0, 0.05) is 13.1 Å². The molecule has 1 aliphatic rings. The van der Waals surface area contributed by atoms with Gasteiger partial charge in [0.05, 0.1) is 26.7 Å². The van der Waals surface area contributed by atoms with Gasteiger partial charge < -0.3 is 9.80 Å². The van der Waals surface area contributed by atoms with Gasteiger partial charge in [0.25, 0.3) is 0 Å². The second-order valence-corrected chi connectivity index (χ2v) is 3.89. The number of nitrogens with zero attached hydrogens (tertiary/aromatic N) is 1. The van der Waals surface area contributed by atoms with E-state index in [0.29, 0.717) is 0 Å². The van der Waals surface area contributed by atoms with Gasteiger partial charge in [-0.1, -0.05) is 13.3 Å². The van der Waals surface area contributed by atoms with Crippen molar-refractivity contribution in [1.82, 2.24) is 5.32 Å². The van der Waals surface area contributed by atoms with Crippen molar-refractivity contribution in [3.63, 3.8) is 0 Å². The molecule has 0 bridgehead atoms. The van der Waals surface area contributed by atoms with Crippen LogP contribution in [0.4, 0.5) is 0 Å². The minimum Gasteiger partial charge on any atom is -0.324 e. The molecule has 1 saturated heterocycles. The Balaban J connectivity index is 2.25. The van der Waals surface area contributed by atoms with Gasteiger partial charge in [0.1, 0.15) is 0 Å². The quantitative estimate of drug-likeness (QED) is 0.599. The smallest absolute Gasteiger partial charge is 0.0911 e. The van der Waals surface area contributed by atoms with Gasteiger partial charge in [0.15, 0.2) is 0 Å². The first-order valence-corrected chi connectivity index (χ1v) is 4.81. The summed E-state index contributed by atoms with van der Waals surface area (Å²) in [5, 5.41) is 3.40. The minimum atomic E-state index is 1.21. The molecule has 0 unspecified atom stereocenters. The maximum atomic E-state index is 3.40. The zero-order valence-electron chi connectivity index (χ0n) is 7.90. The largest absolute Gasteiger partial charge is 0.324 e. The second kappa shape index (κ2) is 4.07. The summed E-state index contributed by atoms with van der Waals surface area (Å²) in [7, 11) is 2.39. The molecule has 1 heterocycles. The Labute approximate surface area is 70.2 Å². The third-order valence-corrected chi connectivity index (χ3v) is 2.71. The van der Waals surface area contributed by atoms with Crippen LogP contribution in [0.2, 0.25) is 0 Å². The molecule has 11 heavy (non-hydrogen) atoms. The summed E-state index contributed by atoms with van der Waals surface area (Å²) in [6.45, 7) is 8.70. The molecule has 0 aromatic rings. The summed E-state index contributed by atoms with van der Waals surface area (Å²) < 4.78 is 1.29. The van der Waals surface area contributed by atoms with Crippen molar-refractivity contribution < 1.29 is 4.48 Å².